The number of hydrogen-bond donors (Lipinski definition) is 1. The number of para-hydroxylation sites is 1. The number of carbonyl (C=O) groups excluding carboxylic acids is 1. The average molecular weight is 683 g/mol. The molecule has 1 N–H and O–H groups in total. The number of benzene rings is 2. The zero-order chi connectivity index (χ0) is 35.6. The maximum atomic E-state index is 13.5. The molecule has 0 spiro atoms. The normalized spacial score (nSPS) is 19.1. The molecule has 1 unspecified atom stereocenters. The van der Waals surface area contributed by atoms with Gasteiger partial charge in [0.1, 0.15) is 18.0 Å². The van der Waals surface area contributed by atoms with Gasteiger partial charge >= 0.3 is 18.2 Å². The average Bonchev–Trinajstić information content (AvgIpc) is 3.07. The van der Waals surface area contributed by atoms with Gasteiger partial charge in [-0.25, -0.2) is 4.79 Å². The summed E-state index contributed by atoms with van der Waals surface area (Å²) in [6.07, 6.45) is 2.47. The number of ether oxygens (including phenoxy) is 2. The third-order valence-corrected chi connectivity index (χ3v) is 9.11. The van der Waals surface area contributed by atoms with Crippen LogP contribution in [0.25, 0.3) is 0 Å². The second kappa shape index (κ2) is 17.0. The van der Waals surface area contributed by atoms with Crippen molar-refractivity contribution in [2.24, 2.45) is 5.92 Å². The van der Waals surface area contributed by atoms with Gasteiger partial charge < -0.3 is 19.5 Å². The molecule has 1 amide bonds. The number of carboxylic acid groups (broad SMARTS) is 1. The monoisotopic (exact) mass is 682 g/mol. The minimum absolute atomic E-state index is 0.0996. The fraction of sp³-hybridized carbons (Fsp3) is 0.513. The molecule has 0 bridgehead atoms. The standard InChI is InChI=1S/C36H43F3N2O3.C3H6O2/c1-35(2,3)44-34(42)41(32-11-6-10-31-30(32)9-7-22-40-31)23-21-28-8-4-5-12-33(28)43-24-25-13-15-26(16-14-25)27-17-19-29(20-18-27)36(37,38)39;1-2-3(4)5/h4-5,7-9,12-16,22,27,29,32H,6,10-11,17-21,23-24H2,1-3H3;2H2,1H3,(H,4,5). The van der Waals surface area contributed by atoms with E-state index in [2.05, 4.69) is 11.1 Å². The Morgan fingerprint density at radius 3 is 2.24 bits per heavy atom. The number of rotatable bonds is 9. The molecule has 266 valence electrons. The minimum Gasteiger partial charge on any atom is -0.489 e. The van der Waals surface area contributed by atoms with Crippen LogP contribution in [0.2, 0.25) is 0 Å². The highest BCUT2D eigenvalue weighted by molar-refractivity contribution is 5.69. The van der Waals surface area contributed by atoms with E-state index in [1.54, 1.807) is 6.92 Å². The Morgan fingerprint density at radius 2 is 1.61 bits per heavy atom. The fourth-order valence-corrected chi connectivity index (χ4v) is 6.49. The number of halogens is 3. The van der Waals surface area contributed by atoms with Crippen LogP contribution in [0, 0.1) is 5.92 Å². The van der Waals surface area contributed by atoms with Crippen LogP contribution in [-0.4, -0.2) is 45.4 Å². The van der Waals surface area contributed by atoms with Gasteiger partial charge in [0.05, 0.1) is 12.0 Å². The number of fused-ring (bicyclic) bond motifs is 1. The highest BCUT2D eigenvalue weighted by Crippen LogP contribution is 2.43. The molecular formula is C39H49F3N2O5. The molecule has 1 atom stereocenters. The first-order valence-corrected chi connectivity index (χ1v) is 17.3. The molecule has 2 aromatic carbocycles. The van der Waals surface area contributed by atoms with E-state index in [-0.39, 0.29) is 37.3 Å². The lowest BCUT2D eigenvalue weighted by Crippen LogP contribution is -2.41. The summed E-state index contributed by atoms with van der Waals surface area (Å²) in [5.41, 5.74) is 4.61. The number of alkyl halides is 3. The van der Waals surface area contributed by atoms with Gasteiger partial charge in [-0.2, -0.15) is 13.2 Å². The van der Waals surface area contributed by atoms with Gasteiger partial charge in [0, 0.05) is 24.9 Å². The van der Waals surface area contributed by atoms with Crippen molar-refractivity contribution in [1.82, 2.24) is 9.88 Å². The van der Waals surface area contributed by atoms with Crippen molar-refractivity contribution < 1.29 is 37.3 Å². The summed E-state index contributed by atoms with van der Waals surface area (Å²) in [4.78, 5) is 29.3. The number of carboxylic acids is 1. The second-order valence-corrected chi connectivity index (χ2v) is 13.8. The molecule has 1 heterocycles. The van der Waals surface area contributed by atoms with Crippen molar-refractivity contribution >= 4 is 12.1 Å². The summed E-state index contributed by atoms with van der Waals surface area (Å²) in [5, 5.41) is 7.72. The number of nitrogens with zero attached hydrogens (tertiary/aromatic N) is 2. The van der Waals surface area contributed by atoms with E-state index in [0.29, 0.717) is 32.4 Å². The molecule has 7 nitrogen and oxygen atoms in total. The summed E-state index contributed by atoms with van der Waals surface area (Å²) in [6.45, 7) is 8.09. The van der Waals surface area contributed by atoms with Crippen molar-refractivity contribution in [2.45, 2.75) is 116 Å². The van der Waals surface area contributed by atoms with Crippen molar-refractivity contribution in [3.05, 3.63) is 94.8 Å². The minimum atomic E-state index is -4.09. The van der Waals surface area contributed by atoms with Crippen LogP contribution in [-0.2, 0) is 29.0 Å². The maximum absolute atomic E-state index is 13.5. The van der Waals surface area contributed by atoms with Gasteiger partial charge in [0.25, 0.3) is 0 Å². The van der Waals surface area contributed by atoms with Crippen molar-refractivity contribution in [3.8, 4) is 5.75 Å². The zero-order valence-corrected chi connectivity index (χ0v) is 29.0. The number of aryl methyl sites for hydroxylation is 1. The molecular weight excluding hydrogens is 633 g/mol. The molecule has 3 aromatic rings. The van der Waals surface area contributed by atoms with Crippen LogP contribution in [0.3, 0.4) is 0 Å². The number of aliphatic carboxylic acids is 1. The first-order valence-electron chi connectivity index (χ1n) is 17.3. The maximum Gasteiger partial charge on any atom is 0.410 e. The summed E-state index contributed by atoms with van der Waals surface area (Å²) >= 11 is 0. The van der Waals surface area contributed by atoms with Crippen LogP contribution in [0.5, 0.6) is 5.75 Å². The van der Waals surface area contributed by atoms with Crippen molar-refractivity contribution in [2.75, 3.05) is 6.54 Å². The van der Waals surface area contributed by atoms with E-state index in [1.165, 1.54) is 0 Å². The Kier molecular flexibility index (Phi) is 13.1. The predicted octanol–water partition coefficient (Wildman–Crippen LogP) is 9.83. The number of carbonyl (C=O) groups is 2. The van der Waals surface area contributed by atoms with Crippen molar-refractivity contribution in [3.63, 3.8) is 0 Å². The summed E-state index contributed by atoms with van der Waals surface area (Å²) in [7, 11) is 0. The van der Waals surface area contributed by atoms with Gasteiger partial charge in [0.2, 0.25) is 0 Å². The Hall–Kier alpha value is -4.08. The van der Waals surface area contributed by atoms with Gasteiger partial charge in [-0.05, 0) is 112 Å². The van der Waals surface area contributed by atoms with Crippen LogP contribution >= 0.6 is 0 Å². The van der Waals surface area contributed by atoms with E-state index >= 15 is 0 Å². The molecule has 49 heavy (non-hydrogen) atoms. The van der Waals surface area contributed by atoms with Crippen LogP contribution < -0.4 is 4.74 Å². The molecule has 2 aliphatic rings. The largest absolute Gasteiger partial charge is 0.489 e. The smallest absolute Gasteiger partial charge is 0.410 e. The van der Waals surface area contributed by atoms with Crippen LogP contribution in [0.1, 0.15) is 113 Å². The lowest BCUT2D eigenvalue weighted by molar-refractivity contribution is -0.182. The van der Waals surface area contributed by atoms with Gasteiger partial charge in [0.15, 0.2) is 0 Å². The van der Waals surface area contributed by atoms with Gasteiger partial charge in [-0.3, -0.25) is 9.78 Å². The van der Waals surface area contributed by atoms with E-state index in [1.807, 2.05) is 86.5 Å². The summed E-state index contributed by atoms with van der Waals surface area (Å²) in [5.74, 6) is -0.982. The molecule has 2 aliphatic carbocycles. The Bertz CT molecular complexity index is 1510. The SMILES string of the molecule is CC(C)(C)OC(=O)N(CCc1ccccc1OCc1ccc(C2CCC(C(F)(F)F)CC2)cc1)C1CCCc2ncccc21.CCC(=O)O. The highest BCUT2D eigenvalue weighted by atomic mass is 19.4. The third-order valence-electron chi connectivity index (χ3n) is 9.11. The van der Waals surface area contributed by atoms with E-state index in [0.717, 1.165) is 53.0 Å². The second-order valence-electron chi connectivity index (χ2n) is 13.8. The first kappa shape index (κ1) is 37.7. The zero-order valence-electron chi connectivity index (χ0n) is 29.0. The van der Waals surface area contributed by atoms with E-state index in [4.69, 9.17) is 14.6 Å². The highest BCUT2D eigenvalue weighted by Gasteiger charge is 2.41. The first-order chi connectivity index (χ1) is 23.2. The van der Waals surface area contributed by atoms with Crippen LogP contribution in [0.15, 0.2) is 66.9 Å². The van der Waals surface area contributed by atoms with Gasteiger partial charge in [-0.15, -0.1) is 0 Å². The van der Waals surface area contributed by atoms with Crippen molar-refractivity contribution in [1.29, 1.82) is 0 Å². The molecule has 1 saturated carbocycles. The lowest BCUT2D eigenvalue weighted by atomic mass is 9.78. The molecule has 0 saturated heterocycles. The molecule has 1 aromatic heterocycles. The van der Waals surface area contributed by atoms with E-state index in [9.17, 15) is 22.8 Å². The molecule has 10 heteroatoms. The molecule has 0 radical (unpaired) electrons. The quantitative estimate of drug-likeness (QED) is 0.242. The third kappa shape index (κ3) is 11.2. The van der Waals surface area contributed by atoms with Gasteiger partial charge in [-0.1, -0.05) is 55.5 Å². The Labute approximate surface area is 287 Å². The number of pyridine rings is 1. The summed E-state index contributed by atoms with van der Waals surface area (Å²) in [6, 6.07) is 19.8. The Balaban J connectivity index is 0.00000101. The number of hydrogen-bond acceptors (Lipinski definition) is 5. The fourth-order valence-electron chi connectivity index (χ4n) is 6.49. The molecule has 0 aliphatic heterocycles. The lowest BCUT2D eigenvalue weighted by Gasteiger charge is -2.36. The topological polar surface area (TPSA) is 89.0 Å². The van der Waals surface area contributed by atoms with E-state index < -0.39 is 23.7 Å². The van der Waals surface area contributed by atoms with Crippen LogP contribution in [0.4, 0.5) is 18.0 Å². The number of aromatic nitrogens is 1. The molecule has 1 fully saturated rings. The summed E-state index contributed by atoms with van der Waals surface area (Å²) < 4.78 is 51.3. The number of amides is 1. The molecule has 5 rings (SSSR count). The Morgan fingerprint density at radius 1 is 0.939 bits per heavy atom. The predicted molar refractivity (Wildman–Crippen MR) is 182 cm³/mol.